The molecule has 2 aliphatic rings. The van der Waals surface area contributed by atoms with Crippen molar-refractivity contribution in [3.05, 3.63) is 58.2 Å². The first-order valence-corrected chi connectivity index (χ1v) is 9.47. The van der Waals surface area contributed by atoms with E-state index in [9.17, 15) is 14.0 Å². The second kappa shape index (κ2) is 7.27. The van der Waals surface area contributed by atoms with E-state index in [0.29, 0.717) is 29.8 Å². The van der Waals surface area contributed by atoms with E-state index in [-0.39, 0.29) is 29.7 Å². The molecule has 0 unspecified atom stereocenters. The molecule has 0 radical (unpaired) electrons. The molecule has 1 aliphatic heterocycles. The number of halogens is 1. The second-order valence-corrected chi connectivity index (χ2v) is 7.31. The zero-order valence-corrected chi connectivity index (χ0v) is 15.3. The van der Waals surface area contributed by atoms with E-state index in [2.05, 4.69) is 10.3 Å². The lowest BCUT2D eigenvalue weighted by molar-refractivity contribution is 0.0669. The summed E-state index contributed by atoms with van der Waals surface area (Å²) in [6.07, 6.45) is 3.74. The molecule has 5 nitrogen and oxygen atoms in total. The van der Waals surface area contributed by atoms with Crippen LogP contribution in [0.25, 0.3) is 0 Å². The van der Waals surface area contributed by atoms with E-state index in [1.807, 2.05) is 6.92 Å². The van der Waals surface area contributed by atoms with Crippen molar-refractivity contribution in [3.8, 4) is 0 Å². The van der Waals surface area contributed by atoms with Gasteiger partial charge in [0, 0.05) is 24.3 Å². The quantitative estimate of drug-likeness (QED) is 0.863. The standard InChI is InChI=1S/C21H23FN2O3/c1-12-18-15(4-2-5-16(18)25)23-19(12)21(26)24-20(17-6-3-11-27-17)13-7-9-14(22)10-8-13/h7-10,17,20,23H,2-6,11H2,1H3,(H,24,26)/t17-,20+/m0/s1. The summed E-state index contributed by atoms with van der Waals surface area (Å²) in [7, 11) is 0. The van der Waals surface area contributed by atoms with Gasteiger partial charge in [-0.2, -0.15) is 0 Å². The number of aromatic amines is 1. The predicted molar refractivity (Wildman–Crippen MR) is 98.4 cm³/mol. The highest BCUT2D eigenvalue weighted by molar-refractivity contribution is 6.04. The minimum absolute atomic E-state index is 0.0956. The maximum absolute atomic E-state index is 13.3. The van der Waals surface area contributed by atoms with Gasteiger partial charge in [-0.3, -0.25) is 9.59 Å². The van der Waals surface area contributed by atoms with E-state index in [0.717, 1.165) is 36.9 Å². The molecule has 2 atom stereocenters. The number of ether oxygens (including phenoxy) is 1. The van der Waals surface area contributed by atoms with Crippen LogP contribution in [0.5, 0.6) is 0 Å². The summed E-state index contributed by atoms with van der Waals surface area (Å²) in [4.78, 5) is 28.4. The number of fused-ring (bicyclic) bond motifs is 1. The van der Waals surface area contributed by atoms with Crippen LogP contribution in [0.2, 0.25) is 0 Å². The fourth-order valence-corrected chi connectivity index (χ4v) is 4.14. The SMILES string of the molecule is Cc1c(C(=O)N[C@H](c2ccc(F)cc2)[C@@H]2CCCO2)[nH]c2c1C(=O)CCC2. The number of ketones is 1. The molecular formula is C21H23FN2O3. The Kier molecular flexibility index (Phi) is 4.83. The fraction of sp³-hybridized carbons (Fsp3) is 0.429. The Balaban J connectivity index is 1.62. The summed E-state index contributed by atoms with van der Waals surface area (Å²) in [5.41, 5.74) is 3.46. The molecule has 1 fully saturated rings. The highest BCUT2D eigenvalue weighted by Gasteiger charge is 2.31. The molecule has 1 aromatic heterocycles. The zero-order chi connectivity index (χ0) is 19.0. The molecule has 0 bridgehead atoms. The monoisotopic (exact) mass is 370 g/mol. The van der Waals surface area contributed by atoms with Gasteiger partial charge in [-0.1, -0.05) is 12.1 Å². The molecular weight excluding hydrogens is 347 g/mol. The number of Topliss-reactive ketones (excluding diaryl/α,β-unsaturated/α-hetero) is 1. The summed E-state index contributed by atoms with van der Waals surface area (Å²) in [5, 5.41) is 3.05. The average Bonchev–Trinajstić information content (AvgIpc) is 3.29. The lowest BCUT2D eigenvalue weighted by atomic mass is 9.93. The smallest absolute Gasteiger partial charge is 0.268 e. The van der Waals surface area contributed by atoms with E-state index < -0.39 is 0 Å². The minimum Gasteiger partial charge on any atom is -0.376 e. The minimum atomic E-state index is -0.365. The maximum atomic E-state index is 13.3. The van der Waals surface area contributed by atoms with Crippen LogP contribution in [0, 0.1) is 12.7 Å². The Morgan fingerprint density at radius 1 is 1.26 bits per heavy atom. The van der Waals surface area contributed by atoms with Crippen LogP contribution in [-0.4, -0.2) is 29.4 Å². The summed E-state index contributed by atoms with van der Waals surface area (Å²) >= 11 is 0. The average molecular weight is 370 g/mol. The lowest BCUT2D eigenvalue weighted by Crippen LogP contribution is -2.36. The van der Waals surface area contributed by atoms with Gasteiger partial charge in [0.15, 0.2) is 5.78 Å². The molecule has 0 saturated carbocycles. The van der Waals surface area contributed by atoms with Crippen molar-refractivity contribution in [2.45, 2.75) is 51.2 Å². The third kappa shape index (κ3) is 3.41. The molecule has 2 aromatic rings. The Bertz CT molecular complexity index is 866. The summed E-state index contributed by atoms with van der Waals surface area (Å²) in [6, 6.07) is 5.77. The van der Waals surface area contributed by atoms with Gasteiger partial charge < -0.3 is 15.0 Å². The van der Waals surface area contributed by atoms with E-state index in [4.69, 9.17) is 4.74 Å². The first-order valence-electron chi connectivity index (χ1n) is 9.47. The number of aryl methyl sites for hydroxylation is 1. The molecule has 0 spiro atoms. The molecule has 142 valence electrons. The van der Waals surface area contributed by atoms with Crippen LogP contribution < -0.4 is 5.32 Å². The maximum Gasteiger partial charge on any atom is 0.268 e. The number of carbonyl (C=O) groups excluding carboxylic acids is 2. The van der Waals surface area contributed by atoms with Crippen LogP contribution in [0.4, 0.5) is 4.39 Å². The number of carbonyl (C=O) groups is 2. The third-order valence-corrected chi connectivity index (χ3v) is 5.52. The molecule has 2 heterocycles. The van der Waals surface area contributed by atoms with Gasteiger partial charge in [0.1, 0.15) is 11.5 Å². The lowest BCUT2D eigenvalue weighted by Gasteiger charge is -2.24. The number of hydrogen-bond donors (Lipinski definition) is 2. The van der Waals surface area contributed by atoms with Gasteiger partial charge in [-0.15, -0.1) is 0 Å². The summed E-state index contributed by atoms with van der Waals surface area (Å²) < 4.78 is 19.1. The van der Waals surface area contributed by atoms with Crippen molar-refractivity contribution < 1.29 is 18.7 Å². The van der Waals surface area contributed by atoms with Gasteiger partial charge in [-0.25, -0.2) is 4.39 Å². The van der Waals surface area contributed by atoms with Crippen molar-refractivity contribution in [3.63, 3.8) is 0 Å². The number of H-pyrrole nitrogens is 1. The molecule has 1 saturated heterocycles. The van der Waals surface area contributed by atoms with Crippen molar-refractivity contribution in [1.82, 2.24) is 10.3 Å². The van der Waals surface area contributed by atoms with E-state index >= 15 is 0 Å². The van der Waals surface area contributed by atoms with Crippen LogP contribution in [0.1, 0.15) is 69.4 Å². The number of benzene rings is 1. The molecule has 1 aliphatic carbocycles. The Hall–Kier alpha value is -2.47. The van der Waals surface area contributed by atoms with Gasteiger partial charge in [0.2, 0.25) is 0 Å². The molecule has 6 heteroatoms. The number of rotatable bonds is 4. The van der Waals surface area contributed by atoms with Gasteiger partial charge in [-0.05, 0) is 55.9 Å². The summed E-state index contributed by atoms with van der Waals surface area (Å²) in [5.74, 6) is -0.486. The molecule has 1 aromatic carbocycles. The van der Waals surface area contributed by atoms with Crippen LogP contribution in [0.15, 0.2) is 24.3 Å². The van der Waals surface area contributed by atoms with Crippen molar-refractivity contribution in [2.24, 2.45) is 0 Å². The number of nitrogens with one attached hydrogen (secondary N) is 2. The Morgan fingerprint density at radius 2 is 2.04 bits per heavy atom. The topological polar surface area (TPSA) is 71.2 Å². The highest BCUT2D eigenvalue weighted by Crippen LogP contribution is 2.30. The Labute approximate surface area is 157 Å². The number of hydrogen-bond acceptors (Lipinski definition) is 3. The third-order valence-electron chi connectivity index (χ3n) is 5.52. The second-order valence-electron chi connectivity index (χ2n) is 7.31. The van der Waals surface area contributed by atoms with Gasteiger partial charge in [0.25, 0.3) is 5.91 Å². The normalized spacial score (nSPS) is 20.4. The van der Waals surface area contributed by atoms with Crippen molar-refractivity contribution >= 4 is 11.7 Å². The predicted octanol–water partition coefficient (Wildman–Crippen LogP) is 3.63. The number of aromatic nitrogens is 1. The molecule has 27 heavy (non-hydrogen) atoms. The van der Waals surface area contributed by atoms with E-state index in [1.54, 1.807) is 12.1 Å². The zero-order valence-electron chi connectivity index (χ0n) is 15.3. The molecule has 4 rings (SSSR count). The van der Waals surface area contributed by atoms with Gasteiger partial charge >= 0.3 is 0 Å². The Morgan fingerprint density at radius 3 is 2.70 bits per heavy atom. The van der Waals surface area contributed by atoms with Gasteiger partial charge in [0.05, 0.1) is 12.1 Å². The largest absolute Gasteiger partial charge is 0.376 e. The molecule has 2 N–H and O–H groups in total. The number of amides is 1. The first kappa shape index (κ1) is 17.9. The molecule has 1 amide bonds. The first-order chi connectivity index (χ1) is 13.0. The fourth-order valence-electron chi connectivity index (χ4n) is 4.14. The van der Waals surface area contributed by atoms with E-state index in [1.165, 1.54) is 12.1 Å². The van der Waals surface area contributed by atoms with Crippen molar-refractivity contribution in [2.75, 3.05) is 6.61 Å². The van der Waals surface area contributed by atoms with Crippen molar-refractivity contribution in [1.29, 1.82) is 0 Å². The van der Waals surface area contributed by atoms with Crippen LogP contribution >= 0.6 is 0 Å². The van der Waals surface area contributed by atoms with Crippen LogP contribution in [0.3, 0.4) is 0 Å². The highest BCUT2D eigenvalue weighted by atomic mass is 19.1. The van der Waals surface area contributed by atoms with Crippen LogP contribution in [-0.2, 0) is 11.2 Å². The summed E-state index contributed by atoms with van der Waals surface area (Å²) in [6.45, 7) is 2.47.